The molecule has 2 aromatic carbocycles. The van der Waals surface area contributed by atoms with Gasteiger partial charge >= 0.3 is 0 Å². The summed E-state index contributed by atoms with van der Waals surface area (Å²) < 4.78 is 11.2. The molecule has 0 spiro atoms. The number of morpholine rings is 1. The van der Waals surface area contributed by atoms with Crippen molar-refractivity contribution in [3.8, 4) is 5.75 Å². The number of nitrogens with one attached hydrogen (secondary N) is 1. The predicted octanol–water partition coefficient (Wildman–Crippen LogP) is 2.94. The number of rotatable bonds is 8. The molecular formula is C22H27N3O3. The van der Waals surface area contributed by atoms with E-state index in [1.54, 1.807) is 12.1 Å². The minimum absolute atomic E-state index is 0.213. The summed E-state index contributed by atoms with van der Waals surface area (Å²) in [6, 6.07) is 16.9. The Labute approximate surface area is 166 Å². The molecule has 1 amide bonds. The van der Waals surface area contributed by atoms with Gasteiger partial charge in [0.25, 0.3) is 5.91 Å². The Morgan fingerprint density at radius 1 is 1.07 bits per heavy atom. The molecule has 1 heterocycles. The summed E-state index contributed by atoms with van der Waals surface area (Å²) in [5, 5.41) is 4.30. The molecule has 0 atom stereocenters. The molecule has 0 saturated carbocycles. The van der Waals surface area contributed by atoms with Crippen molar-refractivity contribution in [3.63, 3.8) is 0 Å². The fourth-order valence-corrected chi connectivity index (χ4v) is 2.98. The standard InChI is InChI=1S/C22H27N3O3/c1-2-21(23-24-22(26)19-6-4-3-5-7-19)18-8-10-20(11-9-18)28-17-14-25-12-15-27-16-13-25/h3-11H,2,12-17H2,1H3,(H,24,26)/b23-21-. The van der Waals surface area contributed by atoms with E-state index in [1.165, 1.54) is 0 Å². The number of hydrazone groups is 1. The lowest BCUT2D eigenvalue weighted by Crippen LogP contribution is -2.38. The van der Waals surface area contributed by atoms with Gasteiger partial charge in [-0.25, -0.2) is 5.43 Å². The van der Waals surface area contributed by atoms with E-state index in [1.807, 2.05) is 49.4 Å². The zero-order valence-electron chi connectivity index (χ0n) is 16.3. The highest BCUT2D eigenvalue weighted by Crippen LogP contribution is 2.14. The Bertz CT molecular complexity index is 769. The van der Waals surface area contributed by atoms with Gasteiger partial charge in [0.2, 0.25) is 0 Å². The summed E-state index contributed by atoms with van der Waals surface area (Å²) in [5.74, 6) is 0.621. The molecular weight excluding hydrogens is 354 g/mol. The fourth-order valence-electron chi connectivity index (χ4n) is 2.98. The van der Waals surface area contributed by atoms with Gasteiger partial charge in [0, 0.05) is 25.2 Å². The van der Waals surface area contributed by atoms with Gasteiger partial charge in [-0.2, -0.15) is 5.10 Å². The highest BCUT2D eigenvalue weighted by atomic mass is 16.5. The average molecular weight is 381 g/mol. The van der Waals surface area contributed by atoms with E-state index >= 15 is 0 Å². The van der Waals surface area contributed by atoms with Crippen LogP contribution in [0.15, 0.2) is 59.7 Å². The summed E-state index contributed by atoms with van der Waals surface area (Å²) in [6.07, 6.45) is 0.715. The van der Waals surface area contributed by atoms with Gasteiger partial charge in [0.05, 0.1) is 18.9 Å². The molecule has 2 aromatic rings. The quantitative estimate of drug-likeness (QED) is 0.564. The normalized spacial score (nSPS) is 15.2. The highest BCUT2D eigenvalue weighted by Gasteiger charge is 2.10. The van der Waals surface area contributed by atoms with E-state index in [2.05, 4.69) is 15.4 Å². The molecule has 0 radical (unpaired) electrons. The van der Waals surface area contributed by atoms with Crippen molar-refractivity contribution in [1.82, 2.24) is 10.3 Å². The molecule has 0 aromatic heterocycles. The Morgan fingerprint density at radius 3 is 2.46 bits per heavy atom. The van der Waals surface area contributed by atoms with Crippen LogP contribution in [-0.2, 0) is 4.74 Å². The molecule has 6 heteroatoms. The molecule has 1 saturated heterocycles. The largest absolute Gasteiger partial charge is 0.492 e. The maximum atomic E-state index is 12.1. The number of benzene rings is 2. The zero-order valence-corrected chi connectivity index (χ0v) is 16.3. The van der Waals surface area contributed by atoms with Gasteiger partial charge in [-0.15, -0.1) is 0 Å². The fraction of sp³-hybridized carbons (Fsp3) is 0.364. The number of carbonyl (C=O) groups excluding carboxylic acids is 1. The van der Waals surface area contributed by atoms with E-state index < -0.39 is 0 Å². The molecule has 1 aliphatic heterocycles. The van der Waals surface area contributed by atoms with Crippen LogP contribution < -0.4 is 10.2 Å². The molecule has 0 unspecified atom stereocenters. The van der Waals surface area contributed by atoms with E-state index in [0.29, 0.717) is 18.6 Å². The second-order valence-electron chi connectivity index (χ2n) is 6.55. The predicted molar refractivity (Wildman–Crippen MR) is 110 cm³/mol. The third-order valence-corrected chi connectivity index (χ3v) is 4.63. The summed E-state index contributed by atoms with van der Waals surface area (Å²) in [4.78, 5) is 14.5. The molecule has 3 rings (SSSR count). The van der Waals surface area contributed by atoms with Crippen LogP contribution in [0.5, 0.6) is 5.75 Å². The number of hydrogen-bond acceptors (Lipinski definition) is 5. The van der Waals surface area contributed by atoms with Gasteiger partial charge in [-0.1, -0.05) is 25.1 Å². The lowest BCUT2D eigenvalue weighted by atomic mass is 10.1. The van der Waals surface area contributed by atoms with Gasteiger partial charge in [0.15, 0.2) is 0 Å². The molecule has 0 bridgehead atoms. The first-order chi connectivity index (χ1) is 13.8. The lowest BCUT2D eigenvalue weighted by molar-refractivity contribution is 0.0322. The van der Waals surface area contributed by atoms with Gasteiger partial charge in [-0.3, -0.25) is 9.69 Å². The third-order valence-electron chi connectivity index (χ3n) is 4.63. The molecule has 1 fully saturated rings. The molecule has 6 nitrogen and oxygen atoms in total. The van der Waals surface area contributed by atoms with Crippen LogP contribution >= 0.6 is 0 Å². The van der Waals surface area contributed by atoms with Crippen molar-refractivity contribution in [3.05, 3.63) is 65.7 Å². The zero-order chi connectivity index (χ0) is 19.6. The number of nitrogens with zero attached hydrogens (tertiary/aromatic N) is 2. The maximum absolute atomic E-state index is 12.1. The van der Waals surface area contributed by atoms with Crippen LogP contribution in [0.2, 0.25) is 0 Å². The molecule has 1 N–H and O–H groups in total. The molecule has 1 aliphatic rings. The summed E-state index contributed by atoms with van der Waals surface area (Å²) in [5.41, 5.74) is 5.02. The first-order valence-electron chi connectivity index (χ1n) is 9.71. The summed E-state index contributed by atoms with van der Waals surface area (Å²) in [7, 11) is 0. The van der Waals surface area contributed by atoms with Crippen molar-refractivity contribution < 1.29 is 14.3 Å². The third kappa shape index (κ3) is 5.90. The lowest BCUT2D eigenvalue weighted by Gasteiger charge is -2.26. The van der Waals surface area contributed by atoms with Gasteiger partial charge < -0.3 is 9.47 Å². The summed E-state index contributed by atoms with van der Waals surface area (Å²) >= 11 is 0. The highest BCUT2D eigenvalue weighted by molar-refractivity contribution is 6.02. The van der Waals surface area contributed by atoms with E-state index in [9.17, 15) is 4.79 Å². The van der Waals surface area contributed by atoms with E-state index in [4.69, 9.17) is 9.47 Å². The number of carbonyl (C=O) groups is 1. The molecule has 28 heavy (non-hydrogen) atoms. The average Bonchev–Trinajstić information content (AvgIpc) is 2.76. The van der Waals surface area contributed by atoms with Gasteiger partial charge in [0.1, 0.15) is 12.4 Å². The minimum Gasteiger partial charge on any atom is -0.492 e. The topological polar surface area (TPSA) is 63.2 Å². The second-order valence-corrected chi connectivity index (χ2v) is 6.55. The maximum Gasteiger partial charge on any atom is 0.271 e. The number of hydrogen-bond donors (Lipinski definition) is 1. The molecule has 0 aliphatic carbocycles. The number of amides is 1. The van der Waals surface area contributed by atoms with Crippen molar-refractivity contribution in [2.24, 2.45) is 5.10 Å². The Balaban J connectivity index is 1.52. The van der Waals surface area contributed by atoms with Crippen molar-refractivity contribution in [1.29, 1.82) is 0 Å². The van der Waals surface area contributed by atoms with E-state index in [-0.39, 0.29) is 5.91 Å². The second kappa shape index (κ2) is 10.6. The van der Waals surface area contributed by atoms with Crippen molar-refractivity contribution >= 4 is 11.6 Å². The van der Waals surface area contributed by atoms with Gasteiger partial charge in [-0.05, 0) is 48.4 Å². The first-order valence-corrected chi connectivity index (χ1v) is 9.71. The van der Waals surface area contributed by atoms with E-state index in [0.717, 1.165) is 49.9 Å². The Morgan fingerprint density at radius 2 is 1.79 bits per heavy atom. The minimum atomic E-state index is -0.213. The first kappa shape index (κ1) is 20.0. The number of ether oxygens (including phenoxy) is 2. The van der Waals surface area contributed by atoms with Crippen LogP contribution in [0.4, 0.5) is 0 Å². The summed E-state index contributed by atoms with van der Waals surface area (Å²) in [6.45, 7) is 7.10. The van der Waals surface area contributed by atoms with Crippen molar-refractivity contribution in [2.75, 3.05) is 39.5 Å². The Hall–Kier alpha value is -2.70. The Kier molecular flexibility index (Phi) is 7.58. The van der Waals surface area contributed by atoms with Crippen molar-refractivity contribution in [2.45, 2.75) is 13.3 Å². The van der Waals surface area contributed by atoms with Crippen LogP contribution in [0.3, 0.4) is 0 Å². The van der Waals surface area contributed by atoms with Crippen LogP contribution in [-0.4, -0.2) is 56.0 Å². The SMILES string of the molecule is CC/C(=N/NC(=O)c1ccccc1)c1ccc(OCCN2CCOCC2)cc1. The van der Waals surface area contributed by atoms with Crippen LogP contribution in [0.1, 0.15) is 29.3 Å². The smallest absolute Gasteiger partial charge is 0.271 e. The molecule has 148 valence electrons. The van der Waals surface area contributed by atoms with Crippen LogP contribution in [0, 0.1) is 0 Å². The monoisotopic (exact) mass is 381 g/mol. The van der Waals surface area contributed by atoms with Crippen LogP contribution in [0.25, 0.3) is 0 Å².